The van der Waals surface area contributed by atoms with Crippen LogP contribution in [0.15, 0.2) is 486 Å². The van der Waals surface area contributed by atoms with Gasteiger partial charge in [-0.3, -0.25) is 19.9 Å². The molecule has 19 heteroatoms. The Morgan fingerprint density at radius 2 is 0.439 bits per heavy atom. The van der Waals surface area contributed by atoms with Gasteiger partial charge in [0.2, 0.25) is 0 Å². The van der Waals surface area contributed by atoms with Crippen LogP contribution in [0.25, 0.3) is 178 Å². The number of nitrogens with zero attached hydrogens (tertiary/aromatic N) is 13. The normalized spacial score (nSPS) is 10.3. The van der Waals surface area contributed by atoms with Crippen molar-refractivity contribution in [3.63, 3.8) is 0 Å². The second-order valence-corrected chi connectivity index (χ2v) is 30.5. The fourth-order valence-corrected chi connectivity index (χ4v) is 15.9. The summed E-state index contributed by atoms with van der Waals surface area (Å²) >= 11 is 1.61. The van der Waals surface area contributed by atoms with E-state index in [0.29, 0.717) is 5.75 Å². The van der Waals surface area contributed by atoms with Crippen LogP contribution in [0.4, 0.5) is 17.1 Å². The predicted octanol–water partition coefficient (Wildman–Crippen LogP) is 29.8. The third-order valence-corrected chi connectivity index (χ3v) is 22.0. The molecule has 1 N–H and O–H groups in total. The maximum atomic E-state index is 8.63. The molecule has 12 heterocycles. The van der Waals surface area contributed by atoms with Crippen LogP contribution in [-0.2, 0) is 82.0 Å². The van der Waals surface area contributed by atoms with Gasteiger partial charge in [0, 0.05) is 57.2 Å². The van der Waals surface area contributed by atoms with Crippen LogP contribution in [0.2, 0.25) is 0 Å². The standard InChI is InChI=1S/4C22H14N3.C18H14N.C6H6O.C6H5.C2H6.ClH.4Pt/c4*1-2-10-18-15(7-1)16-8-5-9-17(22(16)25-18)19-12-6-13-21(24-19)20-11-3-4-14-23-20;1-4-10-16(11-5-1)19(17-12-6-2-7-13-17)18-14-8-3-9-15-18;7-6-4-2-1-3-5-6;1-2-4-6-5-3-1;1-2;;;;;/h4*1-14H;1-2,4-15H;1-5,7H;1-5H;1-2H3;1H;;;;/q5*-1;;-1;;;;3*+2/p-1. The summed E-state index contributed by atoms with van der Waals surface area (Å²) in [5, 5.41) is 18.0. The van der Waals surface area contributed by atoms with E-state index in [0.717, 1.165) is 173 Å². The first-order valence-electron chi connectivity index (χ1n) is 44.4. The number of hydrogen-bond donors (Lipinski definition) is 1. The molecule has 0 fully saturated rings. The van der Waals surface area contributed by atoms with E-state index in [9.17, 15) is 0 Å². The van der Waals surface area contributed by atoms with Gasteiger partial charge in [-0.15, -0.1) is 56.3 Å². The molecule has 0 amide bonds. The molecule has 0 aliphatic heterocycles. The molecule has 13 aromatic carbocycles. The number of phenols is 1. The minimum Gasteiger partial charge on any atom is -0.656 e. The van der Waals surface area contributed by atoms with E-state index in [1.807, 2.05) is 244 Å². The van der Waals surface area contributed by atoms with Crippen LogP contribution >= 0.6 is 9.42 Å². The SMILES string of the molecule is CC.Oc1ccccc1.[Cl][Pt+].[Pt+2].[Pt+2].[Pt].[c-]1ccc(N(c2ccccc2)c2ccccc2)cc1.[c-]1ccccc1.c1ccc(-c2cccc(-c3cccc4c3[n-]c3ccccc34)n2)nc1.c1ccc(-c2cccc(-c3cccc4c3[n-]c3ccccc34)n2)nc1.c1ccc(-c2cccc(-c3cccc4c3[n-]c3ccccc34)n2)nc1.c1ccc(-c2cccc(-c3cccc4c3[n-]c3ccccc34)n2)nc1. The summed E-state index contributed by atoms with van der Waals surface area (Å²) in [6.07, 6.45) is 7.15. The number of hydrogen-bond acceptors (Lipinski definition) is 10. The second-order valence-electron chi connectivity index (χ2n) is 30.5. The fourth-order valence-electron chi connectivity index (χ4n) is 15.9. The molecule has 0 unspecified atom stereocenters. The molecular formula is C120H87ClN13OPt4-. The zero-order valence-electron chi connectivity index (χ0n) is 75.1. The summed E-state index contributed by atoms with van der Waals surface area (Å²) in [4.78, 5) is 58.5. The van der Waals surface area contributed by atoms with E-state index in [2.05, 4.69) is 253 Å². The number of para-hydroxylation sites is 11. The molecule has 0 atom stereocenters. The third kappa shape index (κ3) is 24.5. The van der Waals surface area contributed by atoms with Crippen LogP contribution in [-0.4, -0.2) is 45.0 Å². The van der Waals surface area contributed by atoms with Crippen LogP contribution in [0, 0.1) is 12.1 Å². The van der Waals surface area contributed by atoms with E-state index in [1.165, 1.54) is 21.5 Å². The van der Waals surface area contributed by atoms with Crippen LogP contribution < -0.4 is 24.8 Å². The molecule has 25 rings (SSSR count). The van der Waals surface area contributed by atoms with Gasteiger partial charge in [0.25, 0.3) is 0 Å². The molecule has 139 heavy (non-hydrogen) atoms. The summed E-state index contributed by atoms with van der Waals surface area (Å²) in [6, 6.07) is 159. The monoisotopic (exact) mass is 2540 g/mol. The first-order chi connectivity index (χ1) is 67.4. The Morgan fingerprint density at radius 3 is 0.683 bits per heavy atom. The summed E-state index contributed by atoms with van der Waals surface area (Å²) in [5.41, 5.74) is 26.3. The topological polar surface area (TPSA) is 183 Å². The van der Waals surface area contributed by atoms with Crippen LogP contribution in [0.1, 0.15) is 13.8 Å². The molecule has 25 aromatic rings. The predicted molar refractivity (Wildman–Crippen MR) is 555 cm³/mol. The molecule has 0 saturated carbocycles. The van der Waals surface area contributed by atoms with Crippen molar-refractivity contribution >= 4 is 114 Å². The molecule has 0 aliphatic rings. The number of aromatic nitrogens is 12. The molecule has 0 radical (unpaired) electrons. The Labute approximate surface area is 865 Å². The van der Waals surface area contributed by atoms with Crippen molar-refractivity contribution < 1.29 is 87.1 Å². The van der Waals surface area contributed by atoms with Gasteiger partial charge in [0.15, 0.2) is 0 Å². The number of phenolic OH excluding ortho intramolecular Hbond substituents is 1. The first kappa shape index (κ1) is 99.9. The Balaban J connectivity index is 0.000000132. The first-order valence-corrected chi connectivity index (χ1v) is 47.2. The number of halogens is 1. The molecule has 0 aliphatic carbocycles. The number of fused-ring (bicyclic) bond motifs is 12. The summed E-state index contributed by atoms with van der Waals surface area (Å²) in [7, 11) is 4.61. The maximum Gasteiger partial charge on any atom is 2.00 e. The van der Waals surface area contributed by atoms with Crippen molar-refractivity contribution in [2.45, 2.75) is 13.8 Å². The fraction of sp³-hybridized carbons (Fsp3) is 0.0167. The van der Waals surface area contributed by atoms with Gasteiger partial charge in [-0.2, -0.15) is 54.6 Å². The quantitative estimate of drug-likeness (QED) is 0.121. The van der Waals surface area contributed by atoms with Crippen molar-refractivity contribution in [3.05, 3.63) is 498 Å². The van der Waals surface area contributed by atoms with Crippen molar-refractivity contribution in [1.82, 2.24) is 59.8 Å². The van der Waals surface area contributed by atoms with E-state index in [1.54, 1.807) is 67.8 Å². The molecule has 12 aromatic heterocycles. The minimum atomic E-state index is 0. The number of benzene rings is 13. The average Bonchev–Trinajstić information content (AvgIpc) is 1.64. The van der Waals surface area contributed by atoms with Gasteiger partial charge < -0.3 is 29.9 Å². The van der Waals surface area contributed by atoms with Crippen molar-refractivity contribution in [1.29, 1.82) is 0 Å². The van der Waals surface area contributed by atoms with Gasteiger partial charge in [0.1, 0.15) is 5.75 Å². The largest absolute Gasteiger partial charge is 2.00 e. The van der Waals surface area contributed by atoms with Crippen molar-refractivity contribution in [2.75, 3.05) is 4.90 Å². The van der Waals surface area contributed by atoms with Gasteiger partial charge in [0.05, 0.1) is 68.3 Å². The molecule has 0 spiro atoms. The molecule has 0 bridgehead atoms. The molecular weight excluding hydrogens is 2460 g/mol. The van der Waals surface area contributed by atoms with E-state index >= 15 is 0 Å². The summed E-state index contributed by atoms with van der Waals surface area (Å²) in [5.74, 6) is 0.322. The Hall–Kier alpha value is -15.1. The van der Waals surface area contributed by atoms with E-state index in [-0.39, 0.29) is 63.2 Å². The Morgan fingerprint density at radius 1 is 0.223 bits per heavy atom. The number of rotatable bonds is 11. The van der Waals surface area contributed by atoms with E-state index < -0.39 is 0 Å². The minimum absolute atomic E-state index is 0. The number of anilines is 3. The smallest absolute Gasteiger partial charge is 0.656 e. The van der Waals surface area contributed by atoms with E-state index in [4.69, 9.17) is 45.0 Å². The van der Waals surface area contributed by atoms with Crippen molar-refractivity contribution in [3.8, 4) is 96.3 Å². The number of aromatic hydroxyl groups is 1. The van der Waals surface area contributed by atoms with Gasteiger partial charge >= 0.3 is 70.3 Å². The Bertz CT molecular complexity index is 7230. The van der Waals surface area contributed by atoms with Gasteiger partial charge in [-0.05, 0) is 199 Å². The summed E-state index contributed by atoms with van der Waals surface area (Å²) < 4.78 is 0. The number of pyridine rings is 8. The van der Waals surface area contributed by atoms with Crippen molar-refractivity contribution in [2.24, 2.45) is 0 Å². The Kier molecular flexibility index (Phi) is 36.4. The second kappa shape index (κ2) is 50.6. The molecule has 0 saturated heterocycles. The van der Waals surface area contributed by atoms with Crippen LogP contribution in [0.5, 0.6) is 5.75 Å². The van der Waals surface area contributed by atoms with Gasteiger partial charge in [-0.25, -0.2) is 19.9 Å². The average molecular weight is 2540 g/mol. The van der Waals surface area contributed by atoms with Crippen LogP contribution in [0.3, 0.4) is 0 Å². The zero-order valence-corrected chi connectivity index (χ0v) is 84.9. The zero-order chi connectivity index (χ0) is 92.8. The molecule has 686 valence electrons. The maximum absolute atomic E-state index is 8.63. The molecule has 14 nitrogen and oxygen atoms in total. The summed E-state index contributed by atoms with van der Waals surface area (Å²) in [6.45, 7) is 4.00. The van der Waals surface area contributed by atoms with Gasteiger partial charge in [-0.1, -0.05) is 293 Å². The third-order valence-electron chi connectivity index (χ3n) is 22.0.